The van der Waals surface area contributed by atoms with Gasteiger partial charge in [0.1, 0.15) is 23.0 Å². The average molecular weight is 760 g/mol. The largest absolute Gasteiger partial charge is 0.530 e. The number of carbonyl (C=O) groups is 1. The second-order valence-corrected chi connectivity index (χ2v) is 12.9. The van der Waals surface area contributed by atoms with Crippen LogP contribution in [0.15, 0.2) is 150 Å². The fourth-order valence-corrected chi connectivity index (χ4v) is 7.37. The molecule has 0 spiro atoms. The van der Waals surface area contributed by atoms with E-state index in [1.54, 1.807) is 43.5 Å². The summed E-state index contributed by atoms with van der Waals surface area (Å²) in [6.45, 7) is 6.35. The Bertz CT molecular complexity index is 1650. The van der Waals surface area contributed by atoms with Crippen LogP contribution in [0.1, 0.15) is 6.92 Å². The quantitative estimate of drug-likeness (QED) is 0.0492. The molecular weight excluding hydrogens is 724 g/mol. The number of hydrogen-bond acceptors (Lipinski definition) is 9. The molecule has 1 aliphatic rings. The van der Waals surface area contributed by atoms with E-state index in [-0.39, 0.29) is 27.9 Å². The van der Waals surface area contributed by atoms with Gasteiger partial charge in [0.2, 0.25) is 0 Å². The Kier molecular flexibility index (Phi) is 20.5. The van der Waals surface area contributed by atoms with Gasteiger partial charge in [-0.2, -0.15) is 0 Å². The van der Waals surface area contributed by atoms with Crippen molar-refractivity contribution in [3.05, 3.63) is 152 Å². The van der Waals surface area contributed by atoms with Gasteiger partial charge in [-0.25, -0.2) is 8.42 Å². The van der Waals surface area contributed by atoms with Gasteiger partial charge in [0, 0.05) is 23.0 Å². The van der Waals surface area contributed by atoms with Crippen molar-refractivity contribution in [2.75, 3.05) is 14.2 Å². The van der Waals surface area contributed by atoms with Gasteiger partial charge in [0.25, 0.3) is 0 Å². The number of methoxy groups -OCH3 is 2. The van der Waals surface area contributed by atoms with Gasteiger partial charge < -0.3 is 23.0 Å². The summed E-state index contributed by atoms with van der Waals surface area (Å²) in [5.41, 5.74) is 5.75. The molecule has 0 saturated carbocycles. The van der Waals surface area contributed by atoms with E-state index in [4.69, 9.17) is 37.9 Å². The number of carbonyl (C=O) groups excluding carboxylic acids is 1. The Morgan fingerprint density at radius 1 is 0.740 bits per heavy atom. The first-order valence-corrected chi connectivity index (χ1v) is 17.1. The van der Waals surface area contributed by atoms with Crippen LogP contribution in [-0.4, -0.2) is 33.9 Å². The molecule has 0 N–H and O–H groups in total. The number of benzene rings is 4. The van der Waals surface area contributed by atoms with Gasteiger partial charge in [-0.15, -0.1) is 0 Å². The Labute approximate surface area is 303 Å². The summed E-state index contributed by atoms with van der Waals surface area (Å²) >= 11 is 0. The number of esters is 1. The van der Waals surface area contributed by atoms with Crippen LogP contribution in [-0.2, 0) is 50.6 Å². The van der Waals surface area contributed by atoms with Crippen molar-refractivity contribution in [2.45, 2.75) is 17.1 Å². The maximum atomic E-state index is 12.9. The summed E-state index contributed by atoms with van der Waals surface area (Å²) in [7, 11) is -2.71. The maximum Gasteiger partial charge on any atom is 0.530 e. The number of hydrogen-bond donors (Lipinski definition) is 0. The van der Waals surface area contributed by atoms with Crippen LogP contribution in [0, 0.1) is 23.9 Å². The summed E-state index contributed by atoms with van der Waals surface area (Å²) in [6.07, 6.45) is 5.19. The summed E-state index contributed by atoms with van der Waals surface area (Å²) in [6, 6.07) is 36.5. The number of nitrogens with zero attached hydrogens (tertiary/aromatic N) is 1. The molecule has 5 rings (SSSR count). The van der Waals surface area contributed by atoms with Crippen molar-refractivity contribution in [1.82, 2.24) is 0 Å². The van der Waals surface area contributed by atoms with E-state index in [2.05, 4.69) is 6.65 Å². The molecule has 50 heavy (non-hydrogen) atoms. The number of ether oxygens (including phenoxy) is 2. The van der Waals surface area contributed by atoms with Gasteiger partial charge >= 0.3 is 36.1 Å². The molecular formula is C36H35MnNO10PS+. The predicted molar refractivity (Wildman–Crippen MR) is 181 cm³/mol. The van der Waals surface area contributed by atoms with Crippen LogP contribution in [0.5, 0.6) is 17.2 Å². The van der Waals surface area contributed by atoms with E-state index >= 15 is 0 Å². The number of para-hydroxylation sites is 3. The fourth-order valence-electron chi connectivity index (χ4n) is 4.44. The molecule has 3 atom stereocenters. The molecule has 0 aromatic heterocycles. The molecule has 14 heteroatoms. The van der Waals surface area contributed by atoms with E-state index in [0.717, 1.165) is 0 Å². The van der Waals surface area contributed by atoms with Gasteiger partial charge in [-0.3, -0.25) is 4.79 Å². The Hall–Kier alpha value is -4.66. The third-order valence-electron chi connectivity index (χ3n) is 6.71. The van der Waals surface area contributed by atoms with E-state index < -0.39 is 35.6 Å². The third-order valence-corrected chi connectivity index (χ3v) is 9.90. The van der Waals surface area contributed by atoms with Crippen molar-refractivity contribution in [3.63, 3.8) is 0 Å². The van der Waals surface area contributed by atoms with Crippen LogP contribution in [0.3, 0.4) is 0 Å². The minimum atomic E-state index is -3.87. The molecule has 4 aromatic rings. The molecule has 1 unspecified atom stereocenters. The number of allylic oxidation sites excluding steroid dienone is 3. The Morgan fingerprint density at radius 2 is 1.12 bits per heavy atom. The van der Waals surface area contributed by atoms with Crippen molar-refractivity contribution >= 4 is 24.4 Å². The Morgan fingerprint density at radius 3 is 1.46 bits per heavy atom. The standard InChI is InChI=1S/C18H15O3P.C17H20O5S.CO.Mn.NO/c1-4-10-16(11-5-1)19-22(20-17-12-6-2-7-13-17)21-18-14-8-3-9-15-18;1-12-11-13(21-2)9-10-15(12)16(17(18)22-3)23(19,20)14-7-5-4-6-8-14;1-2;;1-2/h1-15H;4-12,15-16H,1-3H3;;;/q;;;;+1/t;12-,15+,16?;;;/m.1.../s1. The first-order chi connectivity index (χ1) is 23.8. The first kappa shape index (κ1) is 43.4. The van der Waals surface area contributed by atoms with Crippen LogP contribution < -0.4 is 13.6 Å². The van der Waals surface area contributed by atoms with Gasteiger partial charge in [-0.05, 0) is 66.6 Å². The van der Waals surface area contributed by atoms with E-state index in [1.165, 1.54) is 19.2 Å². The Balaban J connectivity index is 0.000000447. The molecule has 1 radical (unpaired) electrons. The number of rotatable bonds is 11. The summed E-state index contributed by atoms with van der Waals surface area (Å²) in [5.74, 6) is 1.31. The molecule has 0 heterocycles. The second kappa shape index (κ2) is 23.7. The molecule has 0 bridgehead atoms. The van der Waals surface area contributed by atoms with E-state index in [9.17, 15) is 13.2 Å². The first-order valence-electron chi connectivity index (χ1n) is 14.5. The monoisotopic (exact) mass is 759 g/mol. The molecule has 0 amide bonds. The zero-order valence-corrected chi connectivity index (χ0v) is 30.2. The average Bonchev–Trinajstić information content (AvgIpc) is 3.15. The summed E-state index contributed by atoms with van der Waals surface area (Å²) < 4.78 is 68.1. The minimum Gasteiger partial charge on any atom is -0.409 e. The molecule has 0 saturated heterocycles. The predicted octanol–water partition coefficient (Wildman–Crippen LogP) is 7.66. The van der Waals surface area contributed by atoms with Crippen LogP contribution in [0.4, 0.5) is 0 Å². The zero-order valence-electron chi connectivity index (χ0n) is 27.3. The van der Waals surface area contributed by atoms with E-state index in [1.807, 2.05) is 97.9 Å². The van der Waals surface area contributed by atoms with Crippen molar-refractivity contribution < 1.29 is 62.8 Å². The molecule has 11 nitrogen and oxygen atoms in total. The zero-order chi connectivity index (χ0) is 36.1. The van der Waals surface area contributed by atoms with Crippen molar-refractivity contribution in [2.24, 2.45) is 11.8 Å². The van der Waals surface area contributed by atoms with Crippen LogP contribution in [0.2, 0.25) is 0 Å². The normalized spacial score (nSPS) is 14.8. The summed E-state index contributed by atoms with van der Waals surface area (Å²) in [5, 5.41) is -1.30. The van der Waals surface area contributed by atoms with Crippen LogP contribution >= 0.6 is 8.60 Å². The summed E-state index contributed by atoms with van der Waals surface area (Å²) in [4.78, 5) is 12.3. The third kappa shape index (κ3) is 13.3. The van der Waals surface area contributed by atoms with E-state index in [0.29, 0.717) is 23.0 Å². The second-order valence-electron chi connectivity index (χ2n) is 9.81. The van der Waals surface area contributed by atoms with Gasteiger partial charge in [-0.1, -0.05) is 85.8 Å². The van der Waals surface area contributed by atoms with Gasteiger partial charge in [0.15, 0.2) is 15.1 Å². The maximum absolute atomic E-state index is 12.9. The van der Waals surface area contributed by atoms with Crippen LogP contribution in [0.25, 0.3) is 0 Å². The topological polar surface area (TPSA) is 161 Å². The number of sulfone groups is 1. The molecule has 0 aliphatic heterocycles. The smallest absolute Gasteiger partial charge is 0.409 e. The molecule has 4 aromatic carbocycles. The molecule has 0 fully saturated rings. The molecule has 1 aliphatic carbocycles. The fraction of sp³-hybridized carbons (Fsp3) is 0.167. The van der Waals surface area contributed by atoms with Gasteiger partial charge in [0.05, 0.1) is 19.1 Å². The minimum absolute atomic E-state index is 0. The SMILES string of the molecule is COC(=O)C([C@H]1C=CC(OC)=C[C@H]1C)S(=O)(=O)c1ccccc1.N#[O+].[C-]#[O+].[Mn].c1ccc(OP(Oc2ccccc2)Oc2ccccc2)cc1. The van der Waals surface area contributed by atoms with Crippen molar-refractivity contribution in [3.8, 4) is 17.2 Å². The van der Waals surface area contributed by atoms with Crippen molar-refractivity contribution in [1.29, 1.82) is 5.46 Å². The molecule has 261 valence electrons.